The van der Waals surface area contributed by atoms with E-state index in [2.05, 4.69) is 20.9 Å². The minimum Gasteiger partial charge on any atom is -0.299 e. The molecule has 1 saturated carbocycles. The summed E-state index contributed by atoms with van der Waals surface area (Å²) < 4.78 is 1.76. The SMILES string of the molecule is O=c1ncccn1CC1(CBr)CCCCCC1. The molecule has 3 nitrogen and oxygen atoms in total. The Balaban J connectivity index is 2.18. The third-order valence-corrected chi connectivity index (χ3v) is 4.93. The summed E-state index contributed by atoms with van der Waals surface area (Å²) >= 11 is 3.65. The van der Waals surface area contributed by atoms with Gasteiger partial charge in [0.25, 0.3) is 0 Å². The number of nitrogens with zero attached hydrogens (tertiary/aromatic N) is 2. The number of hydrogen-bond donors (Lipinski definition) is 0. The molecule has 0 bridgehead atoms. The average molecular weight is 299 g/mol. The predicted octanol–water partition coefficient (Wildman–Crippen LogP) is 2.98. The van der Waals surface area contributed by atoms with Crippen molar-refractivity contribution in [3.05, 3.63) is 28.9 Å². The van der Waals surface area contributed by atoms with Gasteiger partial charge in [-0.25, -0.2) is 9.78 Å². The Morgan fingerprint density at radius 3 is 2.59 bits per heavy atom. The summed E-state index contributed by atoms with van der Waals surface area (Å²) in [7, 11) is 0. The lowest BCUT2D eigenvalue weighted by atomic mass is 9.82. The van der Waals surface area contributed by atoms with Gasteiger partial charge in [0, 0.05) is 24.3 Å². The Morgan fingerprint density at radius 2 is 2.00 bits per heavy atom. The fourth-order valence-corrected chi connectivity index (χ4v) is 3.42. The summed E-state index contributed by atoms with van der Waals surface area (Å²) in [5, 5.41) is 0.974. The standard InChI is InChI=1S/C13H19BrN2O/c14-10-13(6-3-1-2-4-7-13)11-16-9-5-8-15-12(16)17/h5,8-9H,1-4,6-7,10-11H2. The molecule has 2 rings (SSSR count). The molecule has 0 radical (unpaired) electrons. The van der Waals surface area contributed by atoms with Crippen LogP contribution in [-0.4, -0.2) is 14.9 Å². The van der Waals surface area contributed by atoms with Crippen molar-refractivity contribution in [3.63, 3.8) is 0 Å². The van der Waals surface area contributed by atoms with Crippen molar-refractivity contribution in [1.29, 1.82) is 0 Å². The quantitative estimate of drug-likeness (QED) is 0.635. The zero-order valence-corrected chi connectivity index (χ0v) is 11.7. The molecule has 17 heavy (non-hydrogen) atoms. The van der Waals surface area contributed by atoms with Gasteiger partial charge in [-0.3, -0.25) is 4.57 Å². The summed E-state index contributed by atoms with van der Waals surface area (Å²) in [6.45, 7) is 0.797. The van der Waals surface area contributed by atoms with Gasteiger partial charge in [0.15, 0.2) is 0 Å². The van der Waals surface area contributed by atoms with E-state index in [0.717, 1.165) is 11.9 Å². The Morgan fingerprint density at radius 1 is 1.29 bits per heavy atom. The van der Waals surface area contributed by atoms with Crippen molar-refractivity contribution >= 4 is 15.9 Å². The third-order valence-electron chi connectivity index (χ3n) is 3.74. The van der Waals surface area contributed by atoms with Gasteiger partial charge in [-0.05, 0) is 24.3 Å². The van der Waals surface area contributed by atoms with E-state index in [0.29, 0.717) is 0 Å². The van der Waals surface area contributed by atoms with E-state index in [4.69, 9.17) is 0 Å². The first kappa shape index (κ1) is 12.8. The molecule has 0 N–H and O–H groups in total. The molecule has 0 atom stereocenters. The zero-order valence-electron chi connectivity index (χ0n) is 10.1. The van der Waals surface area contributed by atoms with Crippen LogP contribution in [0.1, 0.15) is 38.5 Å². The predicted molar refractivity (Wildman–Crippen MR) is 72.4 cm³/mol. The summed E-state index contributed by atoms with van der Waals surface area (Å²) in [4.78, 5) is 15.5. The van der Waals surface area contributed by atoms with E-state index in [1.165, 1.54) is 38.5 Å². The second-order valence-corrected chi connectivity index (χ2v) is 5.64. The summed E-state index contributed by atoms with van der Waals surface area (Å²) in [5.41, 5.74) is 0.112. The highest BCUT2D eigenvalue weighted by Crippen LogP contribution is 2.37. The molecule has 0 aromatic carbocycles. The Hall–Kier alpha value is -0.640. The molecule has 1 aromatic rings. The van der Waals surface area contributed by atoms with Crippen LogP contribution in [0.15, 0.2) is 23.3 Å². The first-order valence-corrected chi connectivity index (χ1v) is 7.45. The van der Waals surface area contributed by atoms with Crippen LogP contribution in [0.4, 0.5) is 0 Å². The molecule has 4 heteroatoms. The van der Waals surface area contributed by atoms with Crippen molar-refractivity contribution in [2.24, 2.45) is 5.41 Å². The van der Waals surface area contributed by atoms with Gasteiger partial charge in [0.1, 0.15) is 0 Å². The second-order valence-electron chi connectivity index (χ2n) is 5.08. The highest BCUT2D eigenvalue weighted by Gasteiger charge is 2.30. The van der Waals surface area contributed by atoms with Crippen LogP contribution < -0.4 is 5.69 Å². The van der Waals surface area contributed by atoms with Crippen LogP contribution in [0.25, 0.3) is 0 Å². The van der Waals surface area contributed by atoms with E-state index in [-0.39, 0.29) is 11.1 Å². The van der Waals surface area contributed by atoms with Crippen molar-refractivity contribution in [2.75, 3.05) is 5.33 Å². The number of aromatic nitrogens is 2. The molecule has 1 heterocycles. The Bertz CT molecular complexity index is 408. The average Bonchev–Trinajstić information content (AvgIpc) is 2.58. The smallest absolute Gasteiger partial charge is 0.299 e. The molecule has 1 aliphatic rings. The van der Waals surface area contributed by atoms with Crippen LogP contribution in [-0.2, 0) is 6.54 Å². The molecule has 1 fully saturated rings. The highest BCUT2D eigenvalue weighted by atomic mass is 79.9. The summed E-state index contributed by atoms with van der Waals surface area (Å²) in [6, 6.07) is 1.83. The molecule has 0 unspecified atom stereocenters. The minimum atomic E-state index is -0.128. The fourth-order valence-electron chi connectivity index (χ4n) is 2.68. The lowest BCUT2D eigenvalue weighted by Crippen LogP contribution is -2.34. The van der Waals surface area contributed by atoms with Gasteiger partial charge in [-0.1, -0.05) is 41.6 Å². The lowest BCUT2D eigenvalue weighted by Gasteiger charge is -2.31. The topological polar surface area (TPSA) is 34.9 Å². The molecule has 0 amide bonds. The maximum Gasteiger partial charge on any atom is 0.347 e. The molecule has 0 saturated heterocycles. The normalized spacial score (nSPS) is 19.8. The Labute approximate surface area is 110 Å². The lowest BCUT2D eigenvalue weighted by molar-refractivity contribution is 0.238. The number of alkyl halides is 1. The maximum atomic E-state index is 11.7. The minimum absolute atomic E-state index is 0.128. The van der Waals surface area contributed by atoms with Crippen LogP contribution in [0.5, 0.6) is 0 Å². The summed E-state index contributed by atoms with van der Waals surface area (Å²) in [6.07, 6.45) is 11.0. The van der Waals surface area contributed by atoms with E-state index in [1.807, 2.05) is 12.3 Å². The molecule has 1 aliphatic carbocycles. The molecule has 94 valence electrons. The van der Waals surface area contributed by atoms with Crippen molar-refractivity contribution < 1.29 is 0 Å². The van der Waals surface area contributed by atoms with Crippen molar-refractivity contribution in [1.82, 2.24) is 9.55 Å². The van der Waals surface area contributed by atoms with E-state index in [9.17, 15) is 4.79 Å². The zero-order chi connectivity index (χ0) is 12.1. The number of hydrogen-bond acceptors (Lipinski definition) is 2. The van der Waals surface area contributed by atoms with E-state index in [1.54, 1.807) is 10.8 Å². The van der Waals surface area contributed by atoms with Crippen molar-refractivity contribution in [2.45, 2.75) is 45.1 Å². The number of rotatable bonds is 3. The van der Waals surface area contributed by atoms with Gasteiger partial charge < -0.3 is 0 Å². The van der Waals surface area contributed by atoms with Gasteiger partial charge in [-0.15, -0.1) is 0 Å². The Kier molecular flexibility index (Phi) is 4.37. The largest absolute Gasteiger partial charge is 0.347 e. The molecule has 0 aliphatic heterocycles. The van der Waals surface area contributed by atoms with Gasteiger partial charge in [0.2, 0.25) is 0 Å². The molecular weight excluding hydrogens is 280 g/mol. The summed E-state index contributed by atoms with van der Waals surface area (Å²) in [5.74, 6) is 0. The second kappa shape index (κ2) is 5.80. The fraction of sp³-hybridized carbons (Fsp3) is 0.692. The third kappa shape index (κ3) is 3.18. The van der Waals surface area contributed by atoms with Crippen LogP contribution in [0, 0.1) is 5.41 Å². The molecule has 0 spiro atoms. The van der Waals surface area contributed by atoms with E-state index < -0.39 is 0 Å². The molecule has 1 aromatic heterocycles. The van der Waals surface area contributed by atoms with Crippen LogP contribution >= 0.6 is 15.9 Å². The van der Waals surface area contributed by atoms with Crippen LogP contribution in [0.3, 0.4) is 0 Å². The van der Waals surface area contributed by atoms with Gasteiger partial charge in [0.05, 0.1) is 0 Å². The number of halogens is 1. The first-order chi connectivity index (χ1) is 8.26. The first-order valence-electron chi connectivity index (χ1n) is 6.33. The maximum absolute atomic E-state index is 11.7. The van der Waals surface area contributed by atoms with Crippen LogP contribution in [0.2, 0.25) is 0 Å². The van der Waals surface area contributed by atoms with Crippen molar-refractivity contribution in [3.8, 4) is 0 Å². The molecular formula is C13H19BrN2O. The van der Waals surface area contributed by atoms with Gasteiger partial charge in [-0.2, -0.15) is 0 Å². The van der Waals surface area contributed by atoms with Gasteiger partial charge >= 0.3 is 5.69 Å². The van der Waals surface area contributed by atoms with E-state index >= 15 is 0 Å². The monoisotopic (exact) mass is 298 g/mol. The highest BCUT2D eigenvalue weighted by molar-refractivity contribution is 9.09.